The SMILES string of the molecule is O=C1N/C(=N\N=C/c2cccc3ccccc23)S[C@H]1Cc1ccccc1[N+](=O)[O-]. The van der Waals surface area contributed by atoms with Crippen LogP contribution in [0.15, 0.2) is 76.9 Å². The summed E-state index contributed by atoms with van der Waals surface area (Å²) >= 11 is 1.23. The van der Waals surface area contributed by atoms with Crippen LogP contribution in [0.3, 0.4) is 0 Å². The molecule has 1 fully saturated rings. The molecule has 0 spiro atoms. The lowest BCUT2D eigenvalue weighted by Crippen LogP contribution is -2.26. The van der Waals surface area contributed by atoms with E-state index < -0.39 is 10.2 Å². The highest BCUT2D eigenvalue weighted by atomic mass is 32.2. The fourth-order valence-corrected chi connectivity index (χ4v) is 4.11. The molecule has 1 atom stereocenters. The molecule has 1 N–H and O–H groups in total. The quantitative estimate of drug-likeness (QED) is 0.396. The van der Waals surface area contributed by atoms with Gasteiger partial charge in [0.05, 0.1) is 16.4 Å². The van der Waals surface area contributed by atoms with E-state index in [4.69, 9.17) is 0 Å². The molecule has 0 aliphatic carbocycles. The average Bonchev–Trinajstić information content (AvgIpc) is 3.07. The number of amidine groups is 1. The van der Waals surface area contributed by atoms with Gasteiger partial charge in [0.1, 0.15) is 0 Å². The normalized spacial score (nSPS) is 17.9. The minimum Gasteiger partial charge on any atom is -0.303 e. The summed E-state index contributed by atoms with van der Waals surface area (Å²) < 4.78 is 0. The lowest BCUT2D eigenvalue weighted by Gasteiger charge is -2.05. The Bertz CT molecular complexity index is 1150. The van der Waals surface area contributed by atoms with Gasteiger partial charge in [0.2, 0.25) is 5.91 Å². The second-order valence-corrected chi connectivity index (χ2v) is 7.60. The van der Waals surface area contributed by atoms with E-state index in [0.717, 1.165) is 16.3 Å². The minimum absolute atomic E-state index is 0.0141. The molecule has 0 unspecified atom stereocenters. The number of nitrogens with one attached hydrogen (secondary N) is 1. The Balaban J connectivity index is 1.49. The van der Waals surface area contributed by atoms with Gasteiger partial charge in [-0.25, -0.2) is 0 Å². The molecule has 4 rings (SSSR count). The number of rotatable bonds is 5. The van der Waals surface area contributed by atoms with E-state index in [0.29, 0.717) is 10.7 Å². The van der Waals surface area contributed by atoms with Crippen molar-refractivity contribution in [3.8, 4) is 0 Å². The summed E-state index contributed by atoms with van der Waals surface area (Å²) in [5.74, 6) is -0.229. The Morgan fingerprint density at radius 1 is 1.07 bits per heavy atom. The van der Waals surface area contributed by atoms with E-state index in [-0.39, 0.29) is 18.0 Å². The first kappa shape index (κ1) is 18.8. The van der Waals surface area contributed by atoms with Gasteiger partial charge >= 0.3 is 0 Å². The number of thioether (sulfide) groups is 1. The van der Waals surface area contributed by atoms with Crippen molar-refractivity contribution in [3.63, 3.8) is 0 Å². The molecule has 3 aromatic carbocycles. The van der Waals surface area contributed by atoms with Gasteiger partial charge in [-0.1, -0.05) is 72.4 Å². The highest BCUT2D eigenvalue weighted by Crippen LogP contribution is 2.27. The second-order valence-electron chi connectivity index (χ2n) is 6.40. The standard InChI is InChI=1S/C21H16N4O3S/c26-20-19(12-15-7-2-4-11-18(15)25(27)28)29-21(23-20)24-22-13-16-9-5-8-14-6-1-3-10-17(14)16/h1-11,13,19H,12H2,(H,23,24,26)/b22-13-/t19-/m0/s1. The van der Waals surface area contributed by atoms with Crippen LogP contribution in [0.25, 0.3) is 10.8 Å². The van der Waals surface area contributed by atoms with Gasteiger partial charge in [-0.15, -0.1) is 5.10 Å². The first-order valence-electron chi connectivity index (χ1n) is 8.90. The molecule has 1 aliphatic heterocycles. The summed E-state index contributed by atoms with van der Waals surface area (Å²) in [7, 11) is 0. The van der Waals surface area contributed by atoms with Crippen molar-refractivity contribution in [3.05, 3.63) is 88.0 Å². The highest BCUT2D eigenvalue weighted by molar-refractivity contribution is 8.15. The maximum atomic E-state index is 12.2. The molecule has 1 amide bonds. The van der Waals surface area contributed by atoms with Crippen molar-refractivity contribution in [1.82, 2.24) is 5.32 Å². The Kier molecular flexibility index (Phi) is 5.35. The van der Waals surface area contributed by atoms with Crippen LogP contribution in [0.2, 0.25) is 0 Å². The molecule has 1 aliphatic rings. The molecule has 1 saturated heterocycles. The van der Waals surface area contributed by atoms with Crippen molar-refractivity contribution >= 4 is 45.5 Å². The zero-order valence-electron chi connectivity index (χ0n) is 15.2. The molecule has 0 saturated carbocycles. The monoisotopic (exact) mass is 404 g/mol. The third kappa shape index (κ3) is 4.17. The molecular weight excluding hydrogens is 388 g/mol. The first-order chi connectivity index (χ1) is 14.1. The van der Waals surface area contributed by atoms with Gasteiger partial charge in [0.25, 0.3) is 5.69 Å². The zero-order chi connectivity index (χ0) is 20.2. The van der Waals surface area contributed by atoms with Gasteiger partial charge in [-0.2, -0.15) is 5.10 Å². The number of fused-ring (bicyclic) bond motifs is 1. The van der Waals surface area contributed by atoms with E-state index in [2.05, 4.69) is 15.5 Å². The van der Waals surface area contributed by atoms with Gasteiger partial charge in [-0.05, 0) is 10.8 Å². The van der Waals surface area contributed by atoms with Gasteiger partial charge in [0.15, 0.2) is 5.17 Å². The zero-order valence-corrected chi connectivity index (χ0v) is 16.0. The van der Waals surface area contributed by atoms with Crippen LogP contribution in [0.4, 0.5) is 5.69 Å². The largest absolute Gasteiger partial charge is 0.303 e. The number of hydrogen-bond acceptors (Lipinski definition) is 6. The Hall–Kier alpha value is -3.52. The molecular formula is C21H16N4O3S. The summed E-state index contributed by atoms with van der Waals surface area (Å²) in [5, 5.41) is 24.2. The number of carbonyl (C=O) groups is 1. The summed E-state index contributed by atoms with van der Waals surface area (Å²) in [5.41, 5.74) is 1.46. The molecule has 29 heavy (non-hydrogen) atoms. The van der Waals surface area contributed by atoms with E-state index in [1.54, 1.807) is 24.4 Å². The topological polar surface area (TPSA) is 97.0 Å². The number of hydrogen-bond donors (Lipinski definition) is 1. The summed E-state index contributed by atoms with van der Waals surface area (Å²) in [6.45, 7) is 0. The van der Waals surface area contributed by atoms with Crippen LogP contribution in [-0.4, -0.2) is 27.5 Å². The number of amides is 1. The van der Waals surface area contributed by atoms with Crippen LogP contribution in [-0.2, 0) is 11.2 Å². The fourth-order valence-electron chi connectivity index (χ4n) is 3.15. The fraction of sp³-hybridized carbons (Fsp3) is 0.0952. The lowest BCUT2D eigenvalue weighted by atomic mass is 10.1. The molecule has 144 valence electrons. The van der Waals surface area contributed by atoms with Crippen molar-refractivity contribution in [1.29, 1.82) is 0 Å². The van der Waals surface area contributed by atoms with Crippen LogP contribution in [0.5, 0.6) is 0 Å². The van der Waals surface area contributed by atoms with E-state index in [1.165, 1.54) is 17.8 Å². The number of benzene rings is 3. The maximum Gasteiger partial charge on any atom is 0.272 e. The van der Waals surface area contributed by atoms with Crippen LogP contribution in [0, 0.1) is 10.1 Å². The third-order valence-electron chi connectivity index (χ3n) is 4.54. The van der Waals surface area contributed by atoms with Crippen LogP contribution >= 0.6 is 11.8 Å². The summed E-state index contributed by atoms with van der Waals surface area (Å²) in [6.07, 6.45) is 1.90. The Morgan fingerprint density at radius 2 is 1.83 bits per heavy atom. The molecule has 8 heteroatoms. The lowest BCUT2D eigenvalue weighted by molar-refractivity contribution is -0.385. The Morgan fingerprint density at radius 3 is 2.69 bits per heavy atom. The predicted molar refractivity (Wildman–Crippen MR) is 115 cm³/mol. The van der Waals surface area contributed by atoms with Gasteiger partial charge in [-0.3, -0.25) is 14.9 Å². The minimum atomic E-state index is -0.484. The van der Waals surface area contributed by atoms with E-state index in [9.17, 15) is 14.9 Å². The van der Waals surface area contributed by atoms with Crippen molar-refractivity contribution in [2.24, 2.45) is 10.2 Å². The third-order valence-corrected chi connectivity index (χ3v) is 5.61. The van der Waals surface area contributed by atoms with E-state index >= 15 is 0 Å². The van der Waals surface area contributed by atoms with E-state index in [1.807, 2.05) is 42.5 Å². The van der Waals surface area contributed by atoms with Crippen LogP contribution in [0.1, 0.15) is 11.1 Å². The Labute approximate surface area is 170 Å². The molecule has 7 nitrogen and oxygen atoms in total. The highest BCUT2D eigenvalue weighted by Gasteiger charge is 2.32. The van der Waals surface area contributed by atoms with Gasteiger partial charge in [0, 0.05) is 23.6 Å². The molecule has 3 aromatic rings. The van der Waals surface area contributed by atoms with Gasteiger partial charge < -0.3 is 5.32 Å². The molecule has 0 radical (unpaired) electrons. The second kappa shape index (κ2) is 8.24. The summed E-state index contributed by atoms with van der Waals surface area (Å²) in [4.78, 5) is 23.0. The average molecular weight is 404 g/mol. The van der Waals surface area contributed by atoms with Crippen molar-refractivity contribution in [2.45, 2.75) is 11.7 Å². The molecule has 0 bridgehead atoms. The van der Waals surface area contributed by atoms with Crippen LogP contribution < -0.4 is 5.32 Å². The molecule has 1 heterocycles. The van der Waals surface area contributed by atoms with Crippen molar-refractivity contribution in [2.75, 3.05) is 0 Å². The number of para-hydroxylation sites is 1. The molecule has 0 aromatic heterocycles. The number of carbonyl (C=O) groups excluding carboxylic acids is 1. The van der Waals surface area contributed by atoms with Crippen molar-refractivity contribution < 1.29 is 9.72 Å². The number of nitrogens with zero attached hydrogens (tertiary/aromatic N) is 3. The summed E-state index contributed by atoms with van der Waals surface area (Å²) in [6, 6.07) is 20.3. The number of nitro benzene ring substituents is 1. The maximum absolute atomic E-state index is 12.2. The smallest absolute Gasteiger partial charge is 0.272 e. The predicted octanol–water partition coefficient (Wildman–Crippen LogP) is 3.91. The number of nitro groups is 1. The first-order valence-corrected chi connectivity index (χ1v) is 9.78.